The van der Waals surface area contributed by atoms with Crippen molar-refractivity contribution in [2.24, 2.45) is 0 Å². The van der Waals surface area contributed by atoms with Crippen LogP contribution in [0.1, 0.15) is 18.4 Å². The molecule has 1 saturated heterocycles. The fourth-order valence-electron chi connectivity index (χ4n) is 2.01. The van der Waals surface area contributed by atoms with Crippen LogP contribution >= 0.6 is 11.6 Å². The first-order chi connectivity index (χ1) is 8.51. The second-order valence-electron chi connectivity index (χ2n) is 4.13. The molecule has 2 heterocycles. The molecule has 1 aliphatic heterocycles. The van der Waals surface area contributed by atoms with Crippen molar-refractivity contribution in [2.75, 3.05) is 18.5 Å². The molecule has 7 heteroatoms. The van der Waals surface area contributed by atoms with Gasteiger partial charge in [-0.1, -0.05) is 11.6 Å². The van der Waals surface area contributed by atoms with Crippen molar-refractivity contribution in [2.45, 2.75) is 18.4 Å². The Kier molecular flexibility index (Phi) is 3.70. The average molecular weight is 273 g/mol. The topological polar surface area (TPSA) is 91.7 Å². The van der Waals surface area contributed by atoms with Gasteiger partial charge in [0.1, 0.15) is 5.15 Å². The number of rotatable bonds is 2. The number of ether oxygens (including phenoxy) is 1. The predicted molar refractivity (Wildman–Crippen MR) is 64.8 cm³/mol. The Bertz CT molecular complexity index is 460. The monoisotopic (exact) mass is 272 g/mol. The third kappa shape index (κ3) is 2.72. The molecule has 0 atom stereocenters. The molecule has 0 spiro atoms. The van der Waals surface area contributed by atoms with E-state index in [9.17, 15) is 9.90 Å². The van der Waals surface area contributed by atoms with Gasteiger partial charge in [0.25, 0.3) is 0 Å². The van der Waals surface area contributed by atoms with Crippen LogP contribution in [-0.2, 0) is 10.3 Å². The third-order valence-corrected chi connectivity index (χ3v) is 3.14. The summed E-state index contributed by atoms with van der Waals surface area (Å²) in [5, 5.41) is 21.8. The van der Waals surface area contributed by atoms with E-state index in [0.717, 1.165) is 0 Å². The Hall–Kier alpha value is -1.37. The van der Waals surface area contributed by atoms with E-state index in [0.29, 0.717) is 31.6 Å². The van der Waals surface area contributed by atoms with Crippen molar-refractivity contribution in [1.82, 2.24) is 4.98 Å². The van der Waals surface area contributed by atoms with E-state index in [1.807, 2.05) is 0 Å². The lowest BCUT2D eigenvalue weighted by Crippen LogP contribution is -2.34. The summed E-state index contributed by atoms with van der Waals surface area (Å²) < 4.78 is 5.19. The molecule has 1 aromatic rings. The molecule has 0 aliphatic carbocycles. The van der Waals surface area contributed by atoms with Crippen molar-refractivity contribution in [3.8, 4) is 0 Å². The standard InChI is InChI=1S/C11H13ClN2O4/c12-9-5-7(8(6-13-9)14-10(15)16)11(17)1-3-18-4-2-11/h5-6,14,17H,1-4H2,(H,15,16). The van der Waals surface area contributed by atoms with Gasteiger partial charge in [-0.3, -0.25) is 5.32 Å². The van der Waals surface area contributed by atoms with Crippen molar-refractivity contribution in [1.29, 1.82) is 0 Å². The summed E-state index contributed by atoms with van der Waals surface area (Å²) in [6.07, 6.45) is 0.874. The van der Waals surface area contributed by atoms with E-state index in [4.69, 9.17) is 21.4 Å². The second-order valence-corrected chi connectivity index (χ2v) is 4.51. The van der Waals surface area contributed by atoms with Crippen molar-refractivity contribution >= 4 is 23.4 Å². The van der Waals surface area contributed by atoms with Gasteiger partial charge in [0.15, 0.2) is 0 Å². The Morgan fingerprint density at radius 1 is 1.50 bits per heavy atom. The smallest absolute Gasteiger partial charge is 0.409 e. The van der Waals surface area contributed by atoms with Gasteiger partial charge in [-0.05, 0) is 6.07 Å². The molecular weight excluding hydrogens is 260 g/mol. The highest BCUT2D eigenvalue weighted by molar-refractivity contribution is 6.29. The molecule has 1 amide bonds. The summed E-state index contributed by atoms with van der Waals surface area (Å²) in [4.78, 5) is 14.5. The summed E-state index contributed by atoms with van der Waals surface area (Å²) in [5.41, 5.74) is -0.452. The Morgan fingerprint density at radius 2 is 2.17 bits per heavy atom. The number of pyridine rings is 1. The number of nitrogens with zero attached hydrogens (tertiary/aromatic N) is 1. The minimum Gasteiger partial charge on any atom is -0.465 e. The summed E-state index contributed by atoms with van der Waals surface area (Å²) in [6.45, 7) is 0.839. The number of aromatic nitrogens is 1. The molecule has 1 aromatic heterocycles. The minimum absolute atomic E-state index is 0.209. The maximum atomic E-state index is 10.7. The maximum Gasteiger partial charge on any atom is 0.409 e. The first kappa shape index (κ1) is 13.1. The number of anilines is 1. The van der Waals surface area contributed by atoms with Gasteiger partial charge in [0.2, 0.25) is 0 Å². The molecule has 6 nitrogen and oxygen atoms in total. The van der Waals surface area contributed by atoms with Gasteiger partial charge in [0.05, 0.1) is 17.5 Å². The molecule has 1 aliphatic rings. The van der Waals surface area contributed by atoms with Gasteiger partial charge in [-0.2, -0.15) is 0 Å². The largest absolute Gasteiger partial charge is 0.465 e. The number of carbonyl (C=O) groups is 1. The van der Waals surface area contributed by atoms with Gasteiger partial charge in [-0.15, -0.1) is 0 Å². The summed E-state index contributed by atoms with van der Waals surface area (Å²) >= 11 is 5.81. The Morgan fingerprint density at radius 3 is 2.78 bits per heavy atom. The summed E-state index contributed by atoms with van der Waals surface area (Å²) in [6, 6.07) is 1.48. The number of nitrogens with one attached hydrogen (secondary N) is 1. The normalized spacial score (nSPS) is 18.3. The van der Waals surface area contributed by atoms with Crippen LogP contribution in [0.3, 0.4) is 0 Å². The molecule has 98 valence electrons. The number of hydrogen-bond donors (Lipinski definition) is 3. The van der Waals surface area contributed by atoms with Crippen LogP contribution in [0.25, 0.3) is 0 Å². The van der Waals surface area contributed by atoms with E-state index in [1.54, 1.807) is 0 Å². The van der Waals surface area contributed by atoms with Crippen molar-refractivity contribution in [3.63, 3.8) is 0 Å². The minimum atomic E-state index is -1.21. The molecule has 3 N–H and O–H groups in total. The zero-order valence-electron chi connectivity index (χ0n) is 9.52. The average Bonchev–Trinajstić information content (AvgIpc) is 2.32. The lowest BCUT2D eigenvalue weighted by atomic mass is 9.86. The summed E-state index contributed by atoms with van der Waals surface area (Å²) in [7, 11) is 0. The number of hydrogen-bond acceptors (Lipinski definition) is 4. The molecule has 0 aromatic carbocycles. The van der Waals surface area contributed by atoms with E-state index >= 15 is 0 Å². The Labute approximate surface area is 109 Å². The molecule has 18 heavy (non-hydrogen) atoms. The van der Waals surface area contributed by atoms with Crippen LogP contribution in [0, 0.1) is 0 Å². The van der Waals surface area contributed by atoms with Gasteiger partial charge >= 0.3 is 6.09 Å². The predicted octanol–water partition coefficient (Wildman–Crippen LogP) is 1.82. The number of carboxylic acid groups (broad SMARTS) is 1. The zero-order chi connectivity index (χ0) is 13.2. The van der Waals surface area contributed by atoms with Crippen molar-refractivity contribution in [3.05, 3.63) is 23.0 Å². The molecule has 0 radical (unpaired) electrons. The quantitative estimate of drug-likeness (QED) is 0.714. The van der Waals surface area contributed by atoms with Crippen LogP contribution in [-0.4, -0.2) is 34.5 Å². The van der Waals surface area contributed by atoms with Gasteiger partial charge in [-0.25, -0.2) is 9.78 Å². The van der Waals surface area contributed by atoms with Crippen LogP contribution in [0.4, 0.5) is 10.5 Å². The van der Waals surface area contributed by atoms with Gasteiger partial charge < -0.3 is 14.9 Å². The van der Waals surface area contributed by atoms with E-state index < -0.39 is 11.7 Å². The Balaban J connectivity index is 2.40. The van der Waals surface area contributed by atoms with Crippen LogP contribution in [0.15, 0.2) is 12.3 Å². The molecule has 0 bridgehead atoms. The van der Waals surface area contributed by atoms with Crippen molar-refractivity contribution < 1.29 is 19.7 Å². The van der Waals surface area contributed by atoms with E-state index in [1.165, 1.54) is 12.3 Å². The third-order valence-electron chi connectivity index (χ3n) is 2.93. The lowest BCUT2D eigenvalue weighted by molar-refractivity contribution is -0.0674. The van der Waals surface area contributed by atoms with Crippen LogP contribution in [0.5, 0.6) is 0 Å². The molecular formula is C11H13ClN2O4. The highest BCUT2D eigenvalue weighted by atomic mass is 35.5. The van der Waals surface area contributed by atoms with Crippen LogP contribution in [0.2, 0.25) is 5.15 Å². The highest BCUT2D eigenvalue weighted by Crippen LogP contribution is 2.37. The van der Waals surface area contributed by atoms with E-state index in [2.05, 4.69) is 10.3 Å². The SMILES string of the molecule is O=C(O)Nc1cnc(Cl)cc1C1(O)CCOCC1. The number of amides is 1. The molecule has 1 fully saturated rings. The highest BCUT2D eigenvalue weighted by Gasteiger charge is 2.34. The second kappa shape index (κ2) is 5.09. The maximum absolute atomic E-state index is 10.7. The van der Waals surface area contributed by atoms with Crippen LogP contribution < -0.4 is 5.32 Å². The summed E-state index contributed by atoms with van der Waals surface area (Å²) in [5.74, 6) is 0. The van der Waals surface area contributed by atoms with E-state index in [-0.39, 0.29) is 10.8 Å². The number of aliphatic hydroxyl groups is 1. The number of halogens is 1. The first-order valence-corrected chi connectivity index (χ1v) is 5.85. The zero-order valence-corrected chi connectivity index (χ0v) is 10.3. The fourth-order valence-corrected chi connectivity index (χ4v) is 2.17. The molecule has 2 rings (SSSR count). The first-order valence-electron chi connectivity index (χ1n) is 5.47. The lowest BCUT2D eigenvalue weighted by Gasteiger charge is -2.33. The fraction of sp³-hybridized carbons (Fsp3) is 0.455. The molecule has 0 saturated carbocycles. The van der Waals surface area contributed by atoms with Gasteiger partial charge in [0, 0.05) is 31.6 Å². The molecule has 0 unspecified atom stereocenters.